The summed E-state index contributed by atoms with van der Waals surface area (Å²) in [5.41, 5.74) is 4.58. The van der Waals surface area contributed by atoms with Gasteiger partial charge in [0.2, 0.25) is 0 Å². The van der Waals surface area contributed by atoms with Gasteiger partial charge in [-0.2, -0.15) is 0 Å². The van der Waals surface area contributed by atoms with Gasteiger partial charge in [-0.1, -0.05) is 69.2 Å². The Morgan fingerprint density at radius 3 is 2.05 bits per heavy atom. The van der Waals surface area contributed by atoms with E-state index in [1.54, 1.807) is 13.0 Å². The smallest absolute Gasteiger partial charge is 0.303 e. The van der Waals surface area contributed by atoms with Gasteiger partial charge in [-0.3, -0.25) is 14.4 Å². The molecule has 0 aliphatic carbocycles. The van der Waals surface area contributed by atoms with Gasteiger partial charge in [-0.25, -0.2) is 0 Å². The molecule has 0 aliphatic rings. The zero-order valence-corrected chi connectivity index (χ0v) is 25.1. The average Bonchev–Trinajstić information content (AvgIpc) is 2.99. The van der Waals surface area contributed by atoms with E-state index >= 15 is 0 Å². The van der Waals surface area contributed by atoms with Crippen LogP contribution in [0.25, 0.3) is 11.1 Å². The molecular formula is C35H44O7. The number of carboxylic acids is 2. The number of rotatable bonds is 18. The third-order valence-corrected chi connectivity index (χ3v) is 6.64. The molecule has 7 heteroatoms. The molecule has 0 aromatic heterocycles. The highest BCUT2D eigenvalue weighted by Crippen LogP contribution is 2.28. The number of carbonyl (C=O) groups excluding carboxylic acids is 1. The standard InChI is InChI=1S/C33H38O7.C2H6/c1-24(34)27-21-28(25-11-6-4-7-12-25)23-29(22-27)39-19-8-3-2-5-13-26-14-9-15-31(30(26)17-18-33(37)38)40-20-10-16-32(35)36;1-2/h4,6-7,9,11-12,14-15,21-23H,2-3,5,8,10,13,16-20H2,1H3,(H,35,36)(H,37,38);1-2H3. The summed E-state index contributed by atoms with van der Waals surface area (Å²) in [6.45, 7) is 6.39. The van der Waals surface area contributed by atoms with E-state index in [0.29, 0.717) is 36.5 Å². The summed E-state index contributed by atoms with van der Waals surface area (Å²) >= 11 is 0. The van der Waals surface area contributed by atoms with Gasteiger partial charge in [0, 0.05) is 18.4 Å². The van der Waals surface area contributed by atoms with Crippen molar-refractivity contribution in [3.05, 3.63) is 83.4 Å². The monoisotopic (exact) mass is 576 g/mol. The molecule has 42 heavy (non-hydrogen) atoms. The van der Waals surface area contributed by atoms with Gasteiger partial charge < -0.3 is 19.7 Å². The maximum Gasteiger partial charge on any atom is 0.303 e. The Morgan fingerprint density at radius 2 is 1.36 bits per heavy atom. The first kappa shape index (κ1) is 34.1. The van der Waals surface area contributed by atoms with Gasteiger partial charge in [0.1, 0.15) is 11.5 Å². The van der Waals surface area contributed by atoms with Crippen molar-refractivity contribution in [3.63, 3.8) is 0 Å². The summed E-state index contributed by atoms with van der Waals surface area (Å²) in [5, 5.41) is 18.0. The van der Waals surface area contributed by atoms with Crippen LogP contribution in [-0.4, -0.2) is 41.1 Å². The molecule has 0 atom stereocenters. The Kier molecular flexibility index (Phi) is 15.5. The zero-order chi connectivity index (χ0) is 30.7. The van der Waals surface area contributed by atoms with Crippen molar-refractivity contribution >= 4 is 17.7 Å². The summed E-state index contributed by atoms with van der Waals surface area (Å²) < 4.78 is 11.8. The van der Waals surface area contributed by atoms with E-state index in [1.165, 1.54) is 0 Å². The quantitative estimate of drug-likeness (QED) is 0.116. The van der Waals surface area contributed by atoms with Crippen LogP contribution in [0.2, 0.25) is 0 Å². The van der Waals surface area contributed by atoms with E-state index in [2.05, 4.69) is 0 Å². The molecule has 2 N–H and O–H groups in total. The maximum absolute atomic E-state index is 12.0. The summed E-state index contributed by atoms with van der Waals surface area (Å²) in [7, 11) is 0. The third-order valence-electron chi connectivity index (χ3n) is 6.64. The van der Waals surface area contributed by atoms with Crippen molar-refractivity contribution in [2.45, 2.75) is 78.6 Å². The number of benzene rings is 3. The molecule has 0 amide bonds. The number of carboxylic acid groups (broad SMARTS) is 2. The number of unbranched alkanes of at least 4 members (excludes halogenated alkanes) is 3. The first-order valence-corrected chi connectivity index (χ1v) is 14.8. The van der Waals surface area contributed by atoms with Crippen molar-refractivity contribution in [2.75, 3.05) is 13.2 Å². The van der Waals surface area contributed by atoms with Crippen LogP contribution < -0.4 is 9.47 Å². The lowest BCUT2D eigenvalue weighted by atomic mass is 9.97. The molecule has 0 spiro atoms. The van der Waals surface area contributed by atoms with Crippen molar-refractivity contribution in [2.24, 2.45) is 0 Å². The van der Waals surface area contributed by atoms with E-state index in [4.69, 9.17) is 14.6 Å². The lowest BCUT2D eigenvalue weighted by Crippen LogP contribution is -2.07. The van der Waals surface area contributed by atoms with Crippen LogP contribution in [0.1, 0.15) is 87.2 Å². The number of aryl methyl sites for hydroxylation is 1. The molecule has 0 saturated carbocycles. The van der Waals surface area contributed by atoms with Crippen LogP contribution in [0.5, 0.6) is 11.5 Å². The molecule has 0 heterocycles. The van der Waals surface area contributed by atoms with Gasteiger partial charge in [-0.05, 0) is 85.5 Å². The second-order valence-electron chi connectivity index (χ2n) is 9.81. The highest BCUT2D eigenvalue weighted by molar-refractivity contribution is 5.96. The zero-order valence-electron chi connectivity index (χ0n) is 25.1. The van der Waals surface area contributed by atoms with Gasteiger partial charge in [0.05, 0.1) is 13.2 Å². The predicted molar refractivity (Wildman–Crippen MR) is 166 cm³/mol. The normalized spacial score (nSPS) is 10.4. The maximum atomic E-state index is 12.0. The van der Waals surface area contributed by atoms with Crippen molar-refractivity contribution in [1.82, 2.24) is 0 Å². The molecule has 3 aromatic rings. The number of hydrogen-bond donors (Lipinski definition) is 2. The second kappa shape index (κ2) is 19.1. The van der Waals surface area contributed by atoms with E-state index in [-0.39, 0.29) is 25.2 Å². The van der Waals surface area contributed by atoms with Gasteiger partial charge >= 0.3 is 11.9 Å². The number of carbonyl (C=O) groups is 3. The number of ketones is 1. The topological polar surface area (TPSA) is 110 Å². The molecule has 0 bridgehead atoms. The number of hydrogen-bond acceptors (Lipinski definition) is 5. The molecule has 3 rings (SSSR count). The average molecular weight is 577 g/mol. The fraction of sp³-hybridized carbons (Fsp3) is 0.400. The van der Waals surface area contributed by atoms with Gasteiger partial charge in [-0.15, -0.1) is 0 Å². The molecule has 0 radical (unpaired) electrons. The Bertz CT molecular complexity index is 1270. The van der Waals surface area contributed by atoms with E-state index in [1.807, 2.05) is 74.5 Å². The first-order valence-electron chi connectivity index (χ1n) is 14.8. The fourth-order valence-electron chi connectivity index (χ4n) is 4.55. The Hall–Kier alpha value is -4.13. The van der Waals surface area contributed by atoms with Crippen LogP contribution in [-0.2, 0) is 22.4 Å². The highest BCUT2D eigenvalue weighted by Gasteiger charge is 2.12. The largest absolute Gasteiger partial charge is 0.494 e. The minimum Gasteiger partial charge on any atom is -0.494 e. The summed E-state index contributed by atoms with van der Waals surface area (Å²) in [4.78, 5) is 34.0. The Labute approximate surface area is 249 Å². The molecular weight excluding hydrogens is 532 g/mol. The molecule has 0 aliphatic heterocycles. The van der Waals surface area contributed by atoms with Crippen LogP contribution in [0.4, 0.5) is 0 Å². The summed E-state index contributed by atoms with van der Waals surface area (Å²) in [6.07, 6.45) is 5.42. The van der Waals surface area contributed by atoms with E-state index in [9.17, 15) is 19.5 Å². The van der Waals surface area contributed by atoms with Crippen LogP contribution in [0.3, 0.4) is 0 Å². The van der Waals surface area contributed by atoms with Crippen LogP contribution in [0.15, 0.2) is 66.7 Å². The minimum absolute atomic E-state index is 0.0000790. The Morgan fingerprint density at radius 1 is 0.667 bits per heavy atom. The molecule has 226 valence electrons. The number of aliphatic carboxylic acids is 2. The highest BCUT2D eigenvalue weighted by atomic mass is 16.5. The number of Topliss-reactive ketones (excluding diaryl/α,β-unsaturated/α-hetero) is 1. The molecule has 3 aromatic carbocycles. The third kappa shape index (κ3) is 12.2. The molecule has 0 saturated heterocycles. The summed E-state index contributed by atoms with van der Waals surface area (Å²) in [6, 6.07) is 21.3. The second-order valence-corrected chi connectivity index (χ2v) is 9.81. The Balaban J connectivity index is 0.00000301. The van der Waals surface area contributed by atoms with Crippen LogP contribution in [0, 0.1) is 0 Å². The number of ether oxygens (including phenoxy) is 2. The minimum atomic E-state index is -0.865. The molecule has 0 unspecified atom stereocenters. The lowest BCUT2D eigenvalue weighted by Gasteiger charge is -2.15. The fourth-order valence-corrected chi connectivity index (χ4v) is 4.55. The predicted octanol–water partition coefficient (Wildman–Crippen LogP) is 8.03. The SMILES string of the molecule is CC.CC(=O)c1cc(OCCCCCCc2cccc(OCCCC(=O)O)c2CCC(=O)O)cc(-c2ccccc2)c1. The summed E-state index contributed by atoms with van der Waals surface area (Å²) in [5.74, 6) is -0.401. The molecule has 7 nitrogen and oxygen atoms in total. The van der Waals surface area contributed by atoms with Crippen LogP contribution >= 0.6 is 0 Å². The van der Waals surface area contributed by atoms with E-state index < -0.39 is 11.9 Å². The van der Waals surface area contributed by atoms with Crippen molar-refractivity contribution in [1.29, 1.82) is 0 Å². The van der Waals surface area contributed by atoms with E-state index in [0.717, 1.165) is 54.4 Å². The van der Waals surface area contributed by atoms with Crippen molar-refractivity contribution in [3.8, 4) is 22.6 Å². The first-order chi connectivity index (χ1) is 20.3. The lowest BCUT2D eigenvalue weighted by molar-refractivity contribution is -0.138. The molecule has 0 fully saturated rings. The van der Waals surface area contributed by atoms with Crippen molar-refractivity contribution < 1.29 is 34.1 Å². The van der Waals surface area contributed by atoms with Gasteiger partial charge in [0.25, 0.3) is 0 Å². The van der Waals surface area contributed by atoms with Gasteiger partial charge in [0.15, 0.2) is 5.78 Å².